The van der Waals surface area contributed by atoms with Crippen molar-refractivity contribution in [3.63, 3.8) is 0 Å². The summed E-state index contributed by atoms with van der Waals surface area (Å²) in [7, 11) is 0. The second kappa shape index (κ2) is 11.8. The molecule has 4 amide bonds. The van der Waals surface area contributed by atoms with E-state index in [0.29, 0.717) is 23.7 Å². The van der Waals surface area contributed by atoms with Crippen LogP contribution >= 0.6 is 11.6 Å². The van der Waals surface area contributed by atoms with Crippen LogP contribution in [-0.4, -0.2) is 55.0 Å². The van der Waals surface area contributed by atoms with Crippen molar-refractivity contribution in [3.8, 4) is 0 Å². The smallest absolute Gasteiger partial charge is 0.312 e. The lowest BCUT2D eigenvalue weighted by molar-refractivity contribution is -0.152. The van der Waals surface area contributed by atoms with Crippen LogP contribution in [-0.2, 0) is 19.1 Å². The summed E-state index contributed by atoms with van der Waals surface area (Å²) in [6.07, 6.45) is -0.222. The number of hydrogen-bond acceptors (Lipinski definition) is 5. The summed E-state index contributed by atoms with van der Waals surface area (Å²) in [6.45, 7) is 3.62. The van der Waals surface area contributed by atoms with E-state index in [0.717, 1.165) is 0 Å². The zero-order chi connectivity index (χ0) is 21.1. The predicted octanol–water partition coefficient (Wildman–Crippen LogP) is 0.967. The third kappa shape index (κ3) is 8.26. The summed E-state index contributed by atoms with van der Waals surface area (Å²) in [5.74, 6) is -1.48. The van der Waals surface area contributed by atoms with Crippen LogP contribution in [0.2, 0.25) is 5.02 Å². The number of nitrogens with two attached hydrogens (primary N) is 1. The van der Waals surface area contributed by atoms with Crippen molar-refractivity contribution in [2.75, 3.05) is 26.2 Å². The highest BCUT2D eigenvalue weighted by atomic mass is 35.5. The van der Waals surface area contributed by atoms with Gasteiger partial charge in [0.25, 0.3) is 5.91 Å². The Balaban J connectivity index is 2.63. The average Bonchev–Trinajstić information content (AvgIpc) is 2.64. The first-order chi connectivity index (χ1) is 13.3. The molecule has 154 valence electrons. The standard InChI is InChI=1S/C18H25ClN4O5/c1-3-21-15(24)10-23(4-2)16(25)11-28-17(26)9-14(22-18(20)27)12-5-7-13(19)8-6-12/h5-8,14H,3-4,9-11H2,1-2H3,(H,21,24)(H3,20,22,27)/t14-/m1/s1. The Morgan fingerprint density at radius 1 is 1.18 bits per heavy atom. The van der Waals surface area contributed by atoms with Gasteiger partial charge in [-0.2, -0.15) is 0 Å². The quantitative estimate of drug-likeness (QED) is 0.493. The molecule has 0 fully saturated rings. The number of likely N-dealkylation sites (N-methyl/N-ethyl adjacent to an activating group) is 2. The van der Waals surface area contributed by atoms with Crippen LogP contribution < -0.4 is 16.4 Å². The van der Waals surface area contributed by atoms with Crippen molar-refractivity contribution < 1.29 is 23.9 Å². The van der Waals surface area contributed by atoms with Crippen LogP contribution in [0.3, 0.4) is 0 Å². The van der Waals surface area contributed by atoms with E-state index < -0.39 is 30.6 Å². The molecular weight excluding hydrogens is 388 g/mol. The van der Waals surface area contributed by atoms with E-state index in [-0.39, 0.29) is 18.9 Å². The molecule has 4 N–H and O–H groups in total. The number of rotatable bonds is 10. The van der Waals surface area contributed by atoms with Crippen molar-refractivity contribution >= 4 is 35.4 Å². The Bertz CT molecular complexity index is 696. The van der Waals surface area contributed by atoms with Crippen LogP contribution in [0.5, 0.6) is 0 Å². The zero-order valence-electron chi connectivity index (χ0n) is 15.9. The minimum absolute atomic E-state index is 0.114. The van der Waals surface area contributed by atoms with E-state index in [1.165, 1.54) is 4.90 Å². The summed E-state index contributed by atoms with van der Waals surface area (Å²) >= 11 is 5.84. The lowest BCUT2D eigenvalue weighted by atomic mass is 10.0. The summed E-state index contributed by atoms with van der Waals surface area (Å²) in [5, 5.41) is 5.55. The minimum atomic E-state index is -0.803. The van der Waals surface area contributed by atoms with E-state index in [1.807, 2.05) is 0 Å². The van der Waals surface area contributed by atoms with Crippen LogP contribution in [0.15, 0.2) is 24.3 Å². The summed E-state index contributed by atoms with van der Waals surface area (Å²) < 4.78 is 5.01. The summed E-state index contributed by atoms with van der Waals surface area (Å²) in [5.41, 5.74) is 5.77. The van der Waals surface area contributed by atoms with Gasteiger partial charge in [0.15, 0.2) is 6.61 Å². The van der Waals surface area contributed by atoms with Gasteiger partial charge in [-0.1, -0.05) is 23.7 Å². The van der Waals surface area contributed by atoms with Crippen LogP contribution in [0.1, 0.15) is 31.9 Å². The Kier molecular flexibility index (Phi) is 9.80. The average molecular weight is 413 g/mol. The van der Waals surface area contributed by atoms with E-state index in [9.17, 15) is 19.2 Å². The molecule has 0 spiro atoms. The largest absolute Gasteiger partial charge is 0.455 e. The number of primary amides is 1. The van der Waals surface area contributed by atoms with Crippen molar-refractivity contribution in [1.82, 2.24) is 15.5 Å². The van der Waals surface area contributed by atoms with E-state index in [4.69, 9.17) is 22.1 Å². The van der Waals surface area contributed by atoms with Crippen molar-refractivity contribution in [2.24, 2.45) is 5.73 Å². The highest BCUT2D eigenvalue weighted by molar-refractivity contribution is 6.30. The molecule has 0 saturated carbocycles. The Labute approximate surface area is 168 Å². The molecule has 0 aromatic heterocycles. The van der Waals surface area contributed by atoms with Crippen LogP contribution in [0.4, 0.5) is 4.79 Å². The van der Waals surface area contributed by atoms with Gasteiger partial charge in [-0.05, 0) is 31.5 Å². The molecule has 9 nitrogen and oxygen atoms in total. The number of amides is 4. The fraction of sp³-hybridized carbons (Fsp3) is 0.444. The second-order valence-electron chi connectivity index (χ2n) is 5.84. The van der Waals surface area contributed by atoms with E-state index >= 15 is 0 Å². The van der Waals surface area contributed by atoms with Gasteiger partial charge in [0.2, 0.25) is 5.91 Å². The number of halogens is 1. The van der Waals surface area contributed by atoms with Gasteiger partial charge in [0.1, 0.15) is 0 Å². The molecule has 0 aliphatic rings. The highest BCUT2D eigenvalue weighted by Gasteiger charge is 2.21. The van der Waals surface area contributed by atoms with Gasteiger partial charge in [-0.25, -0.2) is 4.79 Å². The molecular formula is C18H25ClN4O5. The maximum Gasteiger partial charge on any atom is 0.312 e. The lowest BCUT2D eigenvalue weighted by Gasteiger charge is -2.21. The molecule has 0 heterocycles. The van der Waals surface area contributed by atoms with Crippen molar-refractivity contribution in [2.45, 2.75) is 26.3 Å². The molecule has 28 heavy (non-hydrogen) atoms. The van der Waals surface area contributed by atoms with Crippen LogP contribution in [0.25, 0.3) is 0 Å². The molecule has 1 rings (SSSR count). The number of urea groups is 1. The molecule has 1 atom stereocenters. The molecule has 1 aromatic rings. The highest BCUT2D eigenvalue weighted by Crippen LogP contribution is 2.20. The molecule has 0 aliphatic heterocycles. The Morgan fingerprint density at radius 2 is 1.82 bits per heavy atom. The fourth-order valence-corrected chi connectivity index (χ4v) is 2.51. The third-order valence-electron chi connectivity index (χ3n) is 3.76. The van der Waals surface area contributed by atoms with Gasteiger partial charge < -0.3 is 26.0 Å². The second-order valence-corrected chi connectivity index (χ2v) is 6.28. The number of nitrogens with zero attached hydrogens (tertiary/aromatic N) is 1. The maximum atomic E-state index is 12.2. The topological polar surface area (TPSA) is 131 Å². The van der Waals surface area contributed by atoms with E-state index in [1.54, 1.807) is 38.1 Å². The minimum Gasteiger partial charge on any atom is -0.455 e. The van der Waals surface area contributed by atoms with Crippen molar-refractivity contribution in [3.05, 3.63) is 34.9 Å². The first-order valence-electron chi connectivity index (χ1n) is 8.78. The molecule has 0 radical (unpaired) electrons. The Hall–Kier alpha value is -2.81. The molecule has 0 saturated heterocycles. The number of nitrogens with one attached hydrogen (secondary N) is 2. The van der Waals surface area contributed by atoms with Crippen molar-refractivity contribution in [1.29, 1.82) is 0 Å². The molecule has 0 unspecified atom stereocenters. The number of ether oxygens (including phenoxy) is 1. The van der Waals surface area contributed by atoms with Gasteiger partial charge in [-0.15, -0.1) is 0 Å². The third-order valence-corrected chi connectivity index (χ3v) is 4.01. The first kappa shape index (κ1) is 23.2. The number of hydrogen-bond donors (Lipinski definition) is 3. The first-order valence-corrected chi connectivity index (χ1v) is 9.16. The van der Waals surface area contributed by atoms with Gasteiger partial charge >= 0.3 is 12.0 Å². The van der Waals surface area contributed by atoms with Gasteiger partial charge in [-0.3, -0.25) is 14.4 Å². The van der Waals surface area contributed by atoms with Gasteiger partial charge in [0, 0.05) is 18.1 Å². The number of carbonyl (C=O) groups excluding carboxylic acids is 4. The Morgan fingerprint density at radius 3 is 2.36 bits per heavy atom. The summed E-state index contributed by atoms with van der Waals surface area (Å²) in [6, 6.07) is 4.99. The van der Waals surface area contributed by atoms with E-state index in [2.05, 4.69) is 10.6 Å². The molecule has 0 bridgehead atoms. The molecule has 0 aliphatic carbocycles. The summed E-state index contributed by atoms with van der Waals surface area (Å²) in [4.78, 5) is 48.4. The van der Waals surface area contributed by atoms with Gasteiger partial charge in [0.05, 0.1) is 19.0 Å². The predicted molar refractivity (Wildman–Crippen MR) is 103 cm³/mol. The molecule has 10 heteroatoms. The number of benzene rings is 1. The number of esters is 1. The fourth-order valence-electron chi connectivity index (χ4n) is 2.38. The van der Waals surface area contributed by atoms with Crippen LogP contribution in [0, 0.1) is 0 Å². The number of carbonyl (C=O) groups is 4. The lowest BCUT2D eigenvalue weighted by Crippen LogP contribution is -2.42. The normalized spacial score (nSPS) is 11.2. The molecule has 1 aromatic carbocycles. The maximum absolute atomic E-state index is 12.2. The monoisotopic (exact) mass is 412 g/mol. The SMILES string of the molecule is CCNC(=O)CN(CC)C(=O)COC(=O)C[C@@H](NC(N)=O)c1ccc(Cl)cc1. The zero-order valence-corrected chi connectivity index (χ0v) is 16.6.